The first-order chi connectivity index (χ1) is 5.79. The number of aromatic nitrogens is 2. The van der Waals surface area contributed by atoms with Crippen LogP contribution >= 0.6 is 22.9 Å². The van der Waals surface area contributed by atoms with Gasteiger partial charge in [-0.15, -0.1) is 0 Å². The van der Waals surface area contributed by atoms with Crippen molar-refractivity contribution < 1.29 is 0 Å². The molecule has 0 aromatic carbocycles. The van der Waals surface area contributed by atoms with Crippen molar-refractivity contribution in [2.45, 2.75) is 0 Å². The fourth-order valence-corrected chi connectivity index (χ4v) is 1.88. The second-order valence-corrected chi connectivity index (χ2v) is 3.56. The van der Waals surface area contributed by atoms with E-state index in [4.69, 9.17) is 17.4 Å². The van der Waals surface area contributed by atoms with E-state index < -0.39 is 0 Å². The Morgan fingerprint density at radius 3 is 3.17 bits per heavy atom. The highest BCUT2D eigenvalue weighted by atomic mass is 35.5. The number of halogens is 1. The molecule has 4 nitrogen and oxygen atoms in total. The van der Waals surface area contributed by atoms with Crippen molar-refractivity contribution in [2.24, 2.45) is 5.84 Å². The average Bonchev–Trinajstić information content (AvgIpc) is 2.46. The summed E-state index contributed by atoms with van der Waals surface area (Å²) in [6.07, 6.45) is 1.62. The number of fused-ring (bicyclic) bond motifs is 1. The van der Waals surface area contributed by atoms with Crippen molar-refractivity contribution in [3.8, 4) is 0 Å². The van der Waals surface area contributed by atoms with Gasteiger partial charge in [-0.05, 0) is 6.07 Å². The van der Waals surface area contributed by atoms with E-state index in [9.17, 15) is 0 Å². The number of nitrogens with one attached hydrogen (secondary N) is 1. The number of nitrogen functional groups attached to an aromatic ring is 1. The normalized spacial score (nSPS) is 10.5. The molecule has 0 radical (unpaired) electrons. The predicted molar refractivity (Wildman–Crippen MR) is 50.2 cm³/mol. The van der Waals surface area contributed by atoms with Gasteiger partial charge in [-0.25, -0.2) is 15.8 Å². The smallest absolute Gasteiger partial charge is 0.198 e. The van der Waals surface area contributed by atoms with Gasteiger partial charge >= 0.3 is 0 Å². The topological polar surface area (TPSA) is 63.8 Å². The van der Waals surface area contributed by atoms with Gasteiger partial charge in [-0.1, -0.05) is 22.9 Å². The van der Waals surface area contributed by atoms with Crippen LogP contribution in [0, 0.1) is 0 Å². The third-order valence-corrected chi connectivity index (χ3v) is 2.52. The van der Waals surface area contributed by atoms with E-state index in [1.54, 1.807) is 12.3 Å². The monoisotopic (exact) mass is 200 g/mol. The number of rotatable bonds is 1. The van der Waals surface area contributed by atoms with E-state index in [2.05, 4.69) is 15.4 Å². The minimum absolute atomic E-state index is 0.467. The molecule has 2 rings (SSSR count). The third kappa shape index (κ3) is 1.22. The fourth-order valence-electron chi connectivity index (χ4n) is 0.870. The zero-order valence-electron chi connectivity index (χ0n) is 5.91. The molecule has 0 amide bonds. The van der Waals surface area contributed by atoms with Gasteiger partial charge < -0.3 is 0 Å². The molecule has 0 bridgehead atoms. The molecular weight excluding hydrogens is 196 g/mol. The second-order valence-electron chi connectivity index (χ2n) is 2.14. The van der Waals surface area contributed by atoms with Crippen LogP contribution in [0.4, 0.5) is 5.13 Å². The molecule has 0 aliphatic carbocycles. The zero-order valence-corrected chi connectivity index (χ0v) is 7.49. The van der Waals surface area contributed by atoms with Crippen LogP contribution in [0.2, 0.25) is 5.15 Å². The first-order valence-electron chi connectivity index (χ1n) is 3.18. The molecule has 6 heteroatoms. The summed E-state index contributed by atoms with van der Waals surface area (Å²) in [5, 5.41) is 1.13. The Balaban J connectivity index is 2.67. The Kier molecular flexibility index (Phi) is 1.84. The first-order valence-corrected chi connectivity index (χ1v) is 4.38. The molecular formula is C6H5ClN4S. The molecule has 0 saturated heterocycles. The minimum atomic E-state index is 0.467. The highest BCUT2D eigenvalue weighted by molar-refractivity contribution is 7.22. The third-order valence-electron chi connectivity index (χ3n) is 1.36. The van der Waals surface area contributed by atoms with E-state index in [0.29, 0.717) is 10.3 Å². The summed E-state index contributed by atoms with van der Waals surface area (Å²) in [5.74, 6) is 5.20. The van der Waals surface area contributed by atoms with Crippen molar-refractivity contribution in [3.63, 3.8) is 0 Å². The van der Waals surface area contributed by atoms with Gasteiger partial charge in [-0.2, -0.15) is 0 Å². The maximum Gasteiger partial charge on any atom is 0.198 e. The molecule has 3 N–H and O–H groups in total. The van der Waals surface area contributed by atoms with Gasteiger partial charge in [0.15, 0.2) is 5.13 Å². The van der Waals surface area contributed by atoms with E-state index in [0.717, 1.165) is 10.2 Å². The molecule has 0 unspecified atom stereocenters. The molecule has 0 fully saturated rings. The van der Waals surface area contributed by atoms with E-state index in [1.165, 1.54) is 11.3 Å². The molecule has 0 atom stereocenters. The summed E-state index contributed by atoms with van der Waals surface area (Å²) in [5.41, 5.74) is 3.28. The van der Waals surface area contributed by atoms with Crippen molar-refractivity contribution in [2.75, 3.05) is 5.43 Å². The summed E-state index contributed by atoms with van der Waals surface area (Å²) in [6.45, 7) is 0. The maximum atomic E-state index is 5.69. The van der Waals surface area contributed by atoms with Gasteiger partial charge in [0.1, 0.15) is 10.7 Å². The van der Waals surface area contributed by atoms with Crippen molar-refractivity contribution in [1.82, 2.24) is 9.97 Å². The van der Waals surface area contributed by atoms with Crippen LogP contribution in [0.25, 0.3) is 10.2 Å². The molecule has 0 aliphatic rings. The van der Waals surface area contributed by atoms with Crippen LogP contribution in [0.3, 0.4) is 0 Å². The van der Waals surface area contributed by atoms with Gasteiger partial charge in [0, 0.05) is 0 Å². The maximum absolute atomic E-state index is 5.69. The van der Waals surface area contributed by atoms with Gasteiger partial charge in [0.2, 0.25) is 0 Å². The Hall–Kier alpha value is -0.910. The number of nitrogens with two attached hydrogens (primary N) is 1. The number of hydrogen-bond acceptors (Lipinski definition) is 5. The quantitative estimate of drug-likeness (QED) is 0.417. The molecule has 0 saturated carbocycles. The summed E-state index contributed by atoms with van der Waals surface area (Å²) in [6, 6.07) is 1.76. The lowest BCUT2D eigenvalue weighted by Gasteiger charge is -1.85. The standard InChI is InChI=1S/C6H5ClN4S/c7-5-1-4-3(2-9-5)10-6(11-8)12-4/h1-2H,8H2,(H,10,11). The number of thiazole rings is 1. The lowest BCUT2D eigenvalue weighted by Crippen LogP contribution is -2.05. The predicted octanol–water partition coefficient (Wildman–Crippen LogP) is 1.63. The summed E-state index contributed by atoms with van der Waals surface area (Å²) in [4.78, 5) is 8.03. The van der Waals surface area contributed by atoms with Gasteiger partial charge in [0.05, 0.1) is 10.9 Å². The van der Waals surface area contributed by atoms with Crippen molar-refractivity contribution >= 4 is 38.3 Å². The number of hydrazine groups is 1. The summed E-state index contributed by atoms with van der Waals surface area (Å²) >= 11 is 7.13. The van der Waals surface area contributed by atoms with Crippen molar-refractivity contribution in [1.29, 1.82) is 0 Å². The fraction of sp³-hybridized carbons (Fsp3) is 0. The van der Waals surface area contributed by atoms with Crippen molar-refractivity contribution in [3.05, 3.63) is 17.4 Å². The first kappa shape index (κ1) is 7.72. The van der Waals surface area contributed by atoms with Gasteiger partial charge in [-0.3, -0.25) is 5.43 Å². The van der Waals surface area contributed by atoms with E-state index >= 15 is 0 Å². The SMILES string of the molecule is NNc1nc2cnc(Cl)cc2s1. The second kappa shape index (κ2) is 2.85. The van der Waals surface area contributed by atoms with Gasteiger partial charge in [0.25, 0.3) is 0 Å². The molecule has 62 valence electrons. The number of nitrogens with zero attached hydrogens (tertiary/aromatic N) is 2. The van der Waals surface area contributed by atoms with Crippen LogP contribution < -0.4 is 11.3 Å². The Labute approximate surface area is 77.4 Å². The number of pyridine rings is 1. The lowest BCUT2D eigenvalue weighted by atomic mass is 10.5. The lowest BCUT2D eigenvalue weighted by molar-refractivity contribution is 1.29. The molecule has 2 aromatic rings. The Morgan fingerprint density at radius 2 is 2.42 bits per heavy atom. The molecule has 0 spiro atoms. The summed E-state index contributed by atoms with van der Waals surface area (Å²) < 4.78 is 0.975. The Morgan fingerprint density at radius 1 is 1.58 bits per heavy atom. The number of anilines is 1. The number of hydrogen-bond donors (Lipinski definition) is 2. The van der Waals surface area contributed by atoms with E-state index in [1.807, 2.05) is 0 Å². The minimum Gasteiger partial charge on any atom is -0.300 e. The van der Waals surface area contributed by atoms with Crippen LogP contribution in [0.5, 0.6) is 0 Å². The molecule has 0 aliphatic heterocycles. The highest BCUT2D eigenvalue weighted by Gasteiger charge is 2.02. The largest absolute Gasteiger partial charge is 0.300 e. The summed E-state index contributed by atoms with van der Waals surface area (Å²) in [7, 11) is 0. The van der Waals surface area contributed by atoms with E-state index in [-0.39, 0.29) is 0 Å². The van der Waals surface area contributed by atoms with Crippen LogP contribution in [-0.2, 0) is 0 Å². The average molecular weight is 201 g/mol. The highest BCUT2D eigenvalue weighted by Crippen LogP contribution is 2.25. The van der Waals surface area contributed by atoms with Crippen LogP contribution in [-0.4, -0.2) is 9.97 Å². The molecule has 2 heterocycles. The van der Waals surface area contributed by atoms with Crippen LogP contribution in [0.15, 0.2) is 12.3 Å². The zero-order chi connectivity index (χ0) is 8.55. The van der Waals surface area contributed by atoms with Crippen LogP contribution in [0.1, 0.15) is 0 Å². The molecule has 2 aromatic heterocycles. The Bertz CT molecular complexity index is 413. The molecule has 12 heavy (non-hydrogen) atoms.